The molecular formula is C20H30N4O3. The fraction of sp³-hybridized carbons (Fsp3) is 0.550. The number of hydrogen-bond donors (Lipinski definition) is 1. The van der Waals surface area contributed by atoms with E-state index in [1.807, 2.05) is 51.2 Å². The number of aromatic nitrogens is 3. The normalized spacial score (nSPS) is 16.3. The Balaban J connectivity index is 0.00000126. The van der Waals surface area contributed by atoms with Crippen LogP contribution in [0.5, 0.6) is 0 Å². The van der Waals surface area contributed by atoms with Crippen molar-refractivity contribution >= 4 is 5.91 Å². The third-order valence-electron chi connectivity index (χ3n) is 4.11. The van der Waals surface area contributed by atoms with Gasteiger partial charge in [-0.2, -0.15) is 0 Å². The summed E-state index contributed by atoms with van der Waals surface area (Å²) < 4.78 is 13.0. The minimum absolute atomic E-state index is 0.0481. The minimum atomic E-state index is -0.128. The van der Waals surface area contributed by atoms with Crippen LogP contribution in [0.4, 0.5) is 0 Å². The molecule has 2 aromatic rings. The standard InChI is InChI=1S/C18H24N4O3.C2H6/c1-2-17(23)19-11-14-6-8-16(9-7-14)22-12-15(20-21-22)13-25-18-5-3-4-10-24-18;1-2/h6-9,12,18H,2-5,10-11,13H2,1H3,(H,19,23);1-2H3. The number of nitrogens with zero attached hydrogens (tertiary/aromatic N) is 3. The van der Waals surface area contributed by atoms with Crippen molar-refractivity contribution in [1.29, 1.82) is 0 Å². The van der Waals surface area contributed by atoms with Crippen molar-refractivity contribution in [2.75, 3.05) is 6.61 Å². The molecule has 1 aliphatic heterocycles. The van der Waals surface area contributed by atoms with Crippen LogP contribution in [0, 0.1) is 0 Å². The molecule has 7 heteroatoms. The van der Waals surface area contributed by atoms with Gasteiger partial charge in [0.1, 0.15) is 5.69 Å². The topological polar surface area (TPSA) is 78.3 Å². The molecular weight excluding hydrogens is 344 g/mol. The van der Waals surface area contributed by atoms with Gasteiger partial charge in [-0.25, -0.2) is 4.68 Å². The zero-order valence-electron chi connectivity index (χ0n) is 16.5. The summed E-state index contributed by atoms with van der Waals surface area (Å²) in [4.78, 5) is 11.3. The van der Waals surface area contributed by atoms with Crippen LogP contribution >= 0.6 is 0 Å². The molecule has 1 aromatic carbocycles. The molecule has 1 amide bonds. The Morgan fingerprint density at radius 2 is 2.07 bits per heavy atom. The first kappa shape index (κ1) is 21.1. The summed E-state index contributed by atoms with van der Waals surface area (Å²) in [6.07, 6.45) is 5.40. The Labute approximate surface area is 161 Å². The number of benzene rings is 1. The number of carbonyl (C=O) groups is 1. The first-order valence-corrected chi connectivity index (χ1v) is 9.75. The van der Waals surface area contributed by atoms with Crippen molar-refractivity contribution in [2.45, 2.75) is 65.9 Å². The summed E-state index contributed by atoms with van der Waals surface area (Å²) in [6.45, 7) is 7.53. The second-order valence-electron chi connectivity index (χ2n) is 6.06. The molecule has 1 aliphatic rings. The lowest BCUT2D eigenvalue weighted by molar-refractivity contribution is -0.169. The van der Waals surface area contributed by atoms with Gasteiger partial charge in [0.05, 0.1) is 18.5 Å². The van der Waals surface area contributed by atoms with Crippen LogP contribution in [0.2, 0.25) is 0 Å². The van der Waals surface area contributed by atoms with E-state index in [0.29, 0.717) is 19.6 Å². The molecule has 0 spiro atoms. The summed E-state index contributed by atoms with van der Waals surface area (Å²) in [5.74, 6) is 0.0481. The summed E-state index contributed by atoms with van der Waals surface area (Å²) in [5.41, 5.74) is 2.73. The van der Waals surface area contributed by atoms with Crippen LogP contribution in [0.3, 0.4) is 0 Å². The second-order valence-corrected chi connectivity index (χ2v) is 6.06. The molecule has 148 valence electrons. The maximum atomic E-state index is 11.3. The number of ether oxygens (including phenoxy) is 2. The van der Waals surface area contributed by atoms with Crippen molar-refractivity contribution < 1.29 is 14.3 Å². The molecule has 1 saturated heterocycles. The average Bonchev–Trinajstić information content (AvgIpc) is 3.22. The smallest absolute Gasteiger partial charge is 0.219 e. The van der Waals surface area contributed by atoms with E-state index < -0.39 is 0 Å². The Morgan fingerprint density at radius 1 is 1.30 bits per heavy atom. The Hall–Kier alpha value is -2.25. The molecule has 27 heavy (non-hydrogen) atoms. The second kappa shape index (κ2) is 11.5. The van der Waals surface area contributed by atoms with Gasteiger partial charge in [-0.15, -0.1) is 5.10 Å². The van der Waals surface area contributed by atoms with Crippen molar-refractivity contribution in [3.8, 4) is 5.69 Å². The first-order valence-electron chi connectivity index (χ1n) is 9.75. The molecule has 0 saturated carbocycles. The van der Waals surface area contributed by atoms with E-state index in [9.17, 15) is 4.79 Å². The SMILES string of the molecule is CC.CCC(=O)NCc1ccc(-n2cc(COC3CCCCO3)nn2)cc1. The Bertz CT molecular complexity index is 679. The molecule has 0 radical (unpaired) electrons. The number of hydrogen-bond acceptors (Lipinski definition) is 5. The lowest BCUT2D eigenvalue weighted by Crippen LogP contribution is -2.22. The van der Waals surface area contributed by atoms with Gasteiger partial charge in [0, 0.05) is 19.6 Å². The van der Waals surface area contributed by atoms with Gasteiger partial charge in [0.15, 0.2) is 6.29 Å². The third-order valence-corrected chi connectivity index (χ3v) is 4.11. The lowest BCUT2D eigenvalue weighted by atomic mass is 10.2. The van der Waals surface area contributed by atoms with E-state index in [1.165, 1.54) is 0 Å². The lowest BCUT2D eigenvalue weighted by Gasteiger charge is -2.22. The van der Waals surface area contributed by atoms with E-state index in [-0.39, 0.29) is 12.2 Å². The summed E-state index contributed by atoms with van der Waals surface area (Å²) in [6, 6.07) is 7.85. The molecule has 1 unspecified atom stereocenters. The third kappa shape index (κ3) is 6.77. The van der Waals surface area contributed by atoms with Crippen LogP contribution in [0.15, 0.2) is 30.5 Å². The highest BCUT2D eigenvalue weighted by Gasteiger charge is 2.15. The minimum Gasteiger partial charge on any atom is -0.353 e. The van der Waals surface area contributed by atoms with Gasteiger partial charge >= 0.3 is 0 Å². The molecule has 0 aliphatic carbocycles. The van der Waals surface area contributed by atoms with Crippen molar-refractivity contribution in [3.63, 3.8) is 0 Å². The zero-order chi connectivity index (χ0) is 19.5. The Kier molecular flexibility index (Phi) is 8.94. The molecule has 3 rings (SSSR count). The highest BCUT2D eigenvalue weighted by atomic mass is 16.7. The average molecular weight is 374 g/mol. The van der Waals surface area contributed by atoms with Gasteiger partial charge in [-0.05, 0) is 37.0 Å². The van der Waals surface area contributed by atoms with E-state index in [2.05, 4.69) is 15.6 Å². The van der Waals surface area contributed by atoms with Gasteiger partial charge in [-0.3, -0.25) is 4.79 Å². The quantitative estimate of drug-likeness (QED) is 0.804. The van der Waals surface area contributed by atoms with E-state index in [0.717, 1.165) is 42.8 Å². The molecule has 1 aromatic heterocycles. The van der Waals surface area contributed by atoms with Gasteiger partial charge in [-0.1, -0.05) is 38.1 Å². The molecule has 1 fully saturated rings. The maximum Gasteiger partial charge on any atom is 0.219 e. The monoisotopic (exact) mass is 374 g/mol. The summed E-state index contributed by atoms with van der Waals surface area (Å²) in [5, 5.41) is 11.1. The van der Waals surface area contributed by atoms with Crippen LogP contribution in [-0.4, -0.2) is 33.8 Å². The van der Waals surface area contributed by atoms with Gasteiger partial charge < -0.3 is 14.8 Å². The highest BCUT2D eigenvalue weighted by molar-refractivity contribution is 5.75. The molecule has 0 bridgehead atoms. The Morgan fingerprint density at radius 3 is 2.74 bits per heavy atom. The van der Waals surface area contributed by atoms with Crippen LogP contribution in [-0.2, 0) is 27.4 Å². The largest absolute Gasteiger partial charge is 0.353 e. The molecule has 2 heterocycles. The molecule has 1 N–H and O–H groups in total. The first-order chi connectivity index (χ1) is 13.2. The van der Waals surface area contributed by atoms with Crippen molar-refractivity contribution in [3.05, 3.63) is 41.7 Å². The molecule has 7 nitrogen and oxygen atoms in total. The van der Waals surface area contributed by atoms with E-state index in [1.54, 1.807) is 4.68 Å². The zero-order valence-corrected chi connectivity index (χ0v) is 16.5. The van der Waals surface area contributed by atoms with Crippen LogP contribution in [0.1, 0.15) is 57.7 Å². The van der Waals surface area contributed by atoms with Crippen LogP contribution in [0.25, 0.3) is 5.69 Å². The number of carbonyl (C=O) groups excluding carboxylic acids is 1. The maximum absolute atomic E-state index is 11.3. The molecule has 1 atom stereocenters. The summed E-state index contributed by atoms with van der Waals surface area (Å²) >= 11 is 0. The fourth-order valence-corrected chi connectivity index (χ4v) is 2.60. The fourth-order valence-electron chi connectivity index (χ4n) is 2.60. The van der Waals surface area contributed by atoms with Crippen LogP contribution < -0.4 is 5.32 Å². The van der Waals surface area contributed by atoms with Gasteiger partial charge in [0.2, 0.25) is 5.91 Å². The van der Waals surface area contributed by atoms with Gasteiger partial charge in [0.25, 0.3) is 0 Å². The number of nitrogens with one attached hydrogen (secondary N) is 1. The van der Waals surface area contributed by atoms with Crippen molar-refractivity contribution in [2.24, 2.45) is 0 Å². The predicted molar refractivity (Wildman–Crippen MR) is 103 cm³/mol. The predicted octanol–water partition coefficient (Wildman–Crippen LogP) is 3.36. The van der Waals surface area contributed by atoms with E-state index >= 15 is 0 Å². The van der Waals surface area contributed by atoms with Crippen molar-refractivity contribution in [1.82, 2.24) is 20.3 Å². The number of amides is 1. The number of rotatable bonds is 7. The highest BCUT2D eigenvalue weighted by Crippen LogP contribution is 2.15. The van der Waals surface area contributed by atoms with E-state index in [4.69, 9.17) is 9.47 Å². The summed E-state index contributed by atoms with van der Waals surface area (Å²) in [7, 11) is 0.